The van der Waals surface area contributed by atoms with Crippen LogP contribution in [0, 0.1) is 11.6 Å². The van der Waals surface area contributed by atoms with Crippen molar-refractivity contribution in [2.75, 3.05) is 0 Å². The number of halogens is 2. The van der Waals surface area contributed by atoms with Gasteiger partial charge in [0.2, 0.25) is 0 Å². The molecule has 0 aliphatic carbocycles. The zero-order valence-corrected chi connectivity index (χ0v) is 10.5. The molecule has 0 radical (unpaired) electrons. The molecule has 4 nitrogen and oxygen atoms in total. The third-order valence-corrected chi connectivity index (χ3v) is 2.51. The number of ether oxygens (including phenoxy) is 1. The minimum absolute atomic E-state index is 0.0287. The van der Waals surface area contributed by atoms with E-state index in [0.29, 0.717) is 17.0 Å². The summed E-state index contributed by atoms with van der Waals surface area (Å²) < 4.78 is 32.6. The van der Waals surface area contributed by atoms with Crippen molar-refractivity contribution in [3.63, 3.8) is 0 Å². The number of benzene rings is 1. The topological polar surface area (TPSA) is 44.1 Å². The van der Waals surface area contributed by atoms with E-state index in [-0.39, 0.29) is 6.61 Å². The van der Waals surface area contributed by atoms with Gasteiger partial charge in [-0.2, -0.15) is 5.10 Å². The van der Waals surface area contributed by atoms with Gasteiger partial charge in [0.05, 0.1) is 5.69 Å². The Morgan fingerprint density at radius 2 is 1.89 bits per heavy atom. The Morgan fingerprint density at radius 3 is 2.47 bits per heavy atom. The van der Waals surface area contributed by atoms with Gasteiger partial charge in [-0.15, -0.1) is 0 Å². The molecule has 0 saturated carbocycles. The Balaban J connectivity index is 2.31. The molecule has 0 fully saturated rings. The highest BCUT2D eigenvalue weighted by atomic mass is 19.1. The van der Waals surface area contributed by atoms with Gasteiger partial charge in [0.25, 0.3) is 0 Å². The summed E-state index contributed by atoms with van der Waals surface area (Å²) in [5.41, 5.74) is 1.43. The number of carbonyl (C=O) groups is 1. The van der Waals surface area contributed by atoms with Crippen LogP contribution in [0.25, 0.3) is 11.3 Å². The molecule has 1 heterocycles. The zero-order chi connectivity index (χ0) is 14.0. The average Bonchev–Trinajstić information content (AvgIpc) is 2.66. The van der Waals surface area contributed by atoms with E-state index < -0.39 is 17.6 Å². The zero-order valence-electron chi connectivity index (χ0n) is 10.5. The first-order valence-electron chi connectivity index (χ1n) is 5.58. The van der Waals surface area contributed by atoms with Crippen molar-refractivity contribution in [3.8, 4) is 11.3 Å². The summed E-state index contributed by atoms with van der Waals surface area (Å²) in [5.74, 6) is -1.72. The molecule has 1 aromatic heterocycles. The first-order chi connectivity index (χ1) is 8.95. The summed E-state index contributed by atoms with van der Waals surface area (Å²) >= 11 is 0. The quantitative estimate of drug-likeness (QED) is 0.801. The highest BCUT2D eigenvalue weighted by molar-refractivity contribution is 5.66. The molecule has 0 unspecified atom stereocenters. The van der Waals surface area contributed by atoms with Crippen LogP contribution >= 0.6 is 0 Å². The minimum Gasteiger partial charge on any atom is -0.459 e. The lowest BCUT2D eigenvalue weighted by molar-refractivity contribution is -0.142. The van der Waals surface area contributed by atoms with Crippen LogP contribution in [0.4, 0.5) is 8.78 Å². The summed E-state index contributed by atoms with van der Waals surface area (Å²) in [5, 5.41) is 4.11. The highest BCUT2D eigenvalue weighted by Crippen LogP contribution is 2.22. The number of rotatable bonds is 3. The van der Waals surface area contributed by atoms with Crippen molar-refractivity contribution in [1.29, 1.82) is 0 Å². The van der Waals surface area contributed by atoms with E-state index in [0.717, 1.165) is 6.07 Å². The van der Waals surface area contributed by atoms with Gasteiger partial charge in [0.1, 0.15) is 23.9 Å². The highest BCUT2D eigenvalue weighted by Gasteiger charge is 2.10. The smallest absolute Gasteiger partial charge is 0.303 e. The van der Waals surface area contributed by atoms with Crippen molar-refractivity contribution < 1.29 is 18.3 Å². The number of hydrogen-bond acceptors (Lipinski definition) is 3. The second kappa shape index (κ2) is 5.17. The van der Waals surface area contributed by atoms with Crippen molar-refractivity contribution in [1.82, 2.24) is 9.78 Å². The number of carbonyl (C=O) groups excluding carboxylic acids is 1. The van der Waals surface area contributed by atoms with E-state index >= 15 is 0 Å². The van der Waals surface area contributed by atoms with E-state index in [1.54, 1.807) is 13.1 Å². The Bertz CT molecular complexity index is 603. The predicted octanol–water partition coefficient (Wildman–Crippen LogP) is 2.43. The fraction of sp³-hybridized carbons (Fsp3) is 0.231. The van der Waals surface area contributed by atoms with Crippen LogP contribution in [-0.2, 0) is 23.2 Å². The standard InChI is InChI=1S/C13H12F2N2O2/c1-8(18)19-7-12-6-13(17(2)16-12)9-3-10(14)5-11(15)4-9/h3-6H,7H2,1-2H3. The number of nitrogens with zero attached hydrogens (tertiary/aromatic N) is 2. The van der Waals surface area contributed by atoms with Crippen LogP contribution in [0.3, 0.4) is 0 Å². The summed E-state index contributed by atoms with van der Waals surface area (Å²) in [4.78, 5) is 10.7. The molecule has 2 aromatic rings. The number of hydrogen-bond donors (Lipinski definition) is 0. The van der Waals surface area contributed by atoms with Gasteiger partial charge in [-0.05, 0) is 18.2 Å². The molecule has 0 bridgehead atoms. The fourth-order valence-electron chi connectivity index (χ4n) is 1.74. The molecule has 0 amide bonds. The van der Waals surface area contributed by atoms with Crippen molar-refractivity contribution in [2.45, 2.75) is 13.5 Å². The predicted molar refractivity (Wildman–Crippen MR) is 64.0 cm³/mol. The largest absolute Gasteiger partial charge is 0.459 e. The monoisotopic (exact) mass is 266 g/mol. The summed E-state index contributed by atoms with van der Waals surface area (Å²) in [6.07, 6.45) is 0. The molecule has 0 aliphatic heterocycles. The molecular formula is C13H12F2N2O2. The molecule has 0 atom stereocenters. The lowest BCUT2D eigenvalue weighted by Crippen LogP contribution is -2.00. The van der Waals surface area contributed by atoms with Gasteiger partial charge < -0.3 is 4.74 Å². The van der Waals surface area contributed by atoms with Crippen LogP contribution in [0.15, 0.2) is 24.3 Å². The summed E-state index contributed by atoms with van der Waals surface area (Å²) in [7, 11) is 1.65. The van der Waals surface area contributed by atoms with Crippen LogP contribution in [0.5, 0.6) is 0 Å². The van der Waals surface area contributed by atoms with E-state index in [4.69, 9.17) is 4.74 Å². The second-order valence-electron chi connectivity index (χ2n) is 4.08. The van der Waals surface area contributed by atoms with Crippen LogP contribution in [-0.4, -0.2) is 15.7 Å². The Morgan fingerprint density at radius 1 is 1.26 bits per heavy atom. The molecule has 1 aromatic carbocycles. The third kappa shape index (κ3) is 3.15. The van der Waals surface area contributed by atoms with Crippen molar-refractivity contribution in [3.05, 3.63) is 41.6 Å². The second-order valence-corrected chi connectivity index (χ2v) is 4.08. The minimum atomic E-state index is -0.655. The molecule has 19 heavy (non-hydrogen) atoms. The van der Waals surface area contributed by atoms with Gasteiger partial charge in [-0.1, -0.05) is 0 Å². The Labute approximate surface area is 108 Å². The molecule has 0 spiro atoms. The van der Waals surface area contributed by atoms with Gasteiger partial charge >= 0.3 is 5.97 Å². The van der Waals surface area contributed by atoms with Crippen LogP contribution < -0.4 is 0 Å². The molecule has 2 rings (SSSR count). The van der Waals surface area contributed by atoms with Crippen molar-refractivity contribution in [2.24, 2.45) is 7.05 Å². The lowest BCUT2D eigenvalue weighted by atomic mass is 10.1. The number of aryl methyl sites for hydroxylation is 1. The molecular weight excluding hydrogens is 254 g/mol. The summed E-state index contributed by atoms with van der Waals surface area (Å²) in [6.45, 7) is 1.33. The van der Waals surface area contributed by atoms with Gasteiger partial charge in [-0.3, -0.25) is 9.48 Å². The van der Waals surface area contributed by atoms with Crippen molar-refractivity contribution >= 4 is 5.97 Å². The molecule has 6 heteroatoms. The van der Waals surface area contributed by atoms with Gasteiger partial charge in [0, 0.05) is 25.6 Å². The first kappa shape index (κ1) is 13.2. The van der Waals surface area contributed by atoms with E-state index in [1.165, 1.54) is 23.7 Å². The maximum Gasteiger partial charge on any atom is 0.303 e. The van der Waals surface area contributed by atoms with E-state index in [1.807, 2.05) is 0 Å². The molecule has 0 aliphatic rings. The van der Waals surface area contributed by atoms with E-state index in [9.17, 15) is 13.6 Å². The number of aromatic nitrogens is 2. The average molecular weight is 266 g/mol. The first-order valence-corrected chi connectivity index (χ1v) is 5.58. The molecule has 100 valence electrons. The van der Waals surface area contributed by atoms with E-state index in [2.05, 4.69) is 5.10 Å². The van der Waals surface area contributed by atoms with Crippen LogP contribution in [0.1, 0.15) is 12.6 Å². The Kier molecular flexibility index (Phi) is 3.59. The maximum atomic E-state index is 13.2. The fourth-order valence-corrected chi connectivity index (χ4v) is 1.74. The number of esters is 1. The maximum absolute atomic E-state index is 13.2. The van der Waals surface area contributed by atoms with Crippen LogP contribution in [0.2, 0.25) is 0 Å². The molecule has 0 N–H and O–H groups in total. The van der Waals surface area contributed by atoms with Gasteiger partial charge in [-0.25, -0.2) is 8.78 Å². The van der Waals surface area contributed by atoms with Gasteiger partial charge in [0.15, 0.2) is 0 Å². The molecule has 0 saturated heterocycles. The Hall–Kier alpha value is -2.24. The summed E-state index contributed by atoms with van der Waals surface area (Å²) in [6, 6.07) is 4.86. The SMILES string of the molecule is CC(=O)OCc1cc(-c2cc(F)cc(F)c2)n(C)n1. The normalized spacial score (nSPS) is 10.5. The lowest BCUT2D eigenvalue weighted by Gasteiger charge is -2.02. The third-order valence-electron chi connectivity index (χ3n) is 2.51.